The van der Waals surface area contributed by atoms with Crippen LogP contribution < -0.4 is 4.72 Å². The summed E-state index contributed by atoms with van der Waals surface area (Å²) in [6.45, 7) is 6.52. The van der Waals surface area contributed by atoms with Crippen molar-refractivity contribution in [2.75, 3.05) is 6.54 Å². The molecule has 0 unspecified atom stereocenters. The Hall–Kier alpha value is -1.45. The van der Waals surface area contributed by atoms with Crippen molar-refractivity contribution in [3.05, 3.63) is 24.0 Å². The minimum absolute atomic E-state index is 0.0748. The molecule has 0 bridgehead atoms. The van der Waals surface area contributed by atoms with E-state index in [1.54, 1.807) is 0 Å². The van der Waals surface area contributed by atoms with E-state index in [1.165, 1.54) is 18.3 Å². The van der Waals surface area contributed by atoms with Crippen LogP contribution in [0.25, 0.3) is 0 Å². The number of nitrogens with one attached hydrogen (secondary N) is 1. The summed E-state index contributed by atoms with van der Waals surface area (Å²) in [6, 6.07) is 4.61. The van der Waals surface area contributed by atoms with Crippen LogP contribution in [-0.2, 0) is 10.0 Å². The van der Waals surface area contributed by atoms with Crippen LogP contribution in [0.2, 0.25) is 0 Å². The molecule has 98 valence electrons. The monoisotopic (exact) mass is 267 g/mol. The van der Waals surface area contributed by atoms with E-state index in [0.29, 0.717) is 6.54 Å². The zero-order valence-corrected chi connectivity index (χ0v) is 11.6. The van der Waals surface area contributed by atoms with Crippen LogP contribution in [0.1, 0.15) is 32.9 Å². The number of nitriles is 1. The first-order valence-electron chi connectivity index (χ1n) is 5.60. The van der Waals surface area contributed by atoms with E-state index in [0.717, 1.165) is 6.42 Å². The second-order valence-electron chi connectivity index (χ2n) is 5.20. The topological polar surface area (TPSA) is 82.9 Å². The van der Waals surface area contributed by atoms with E-state index in [1.807, 2.05) is 26.8 Å². The summed E-state index contributed by atoms with van der Waals surface area (Å²) in [4.78, 5) is 3.82. The second-order valence-corrected chi connectivity index (χ2v) is 6.97. The summed E-state index contributed by atoms with van der Waals surface area (Å²) >= 11 is 0. The molecule has 0 aliphatic heterocycles. The Kier molecular flexibility index (Phi) is 4.43. The summed E-state index contributed by atoms with van der Waals surface area (Å²) in [5.74, 6) is 0. The van der Waals surface area contributed by atoms with Crippen LogP contribution in [-0.4, -0.2) is 19.9 Å². The van der Waals surface area contributed by atoms with Gasteiger partial charge in [-0.1, -0.05) is 20.8 Å². The van der Waals surface area contributed by atoms with Gasteiger partial charge in [0.25, 0.3) is 0 Å². The Balaban J connectivity index is 2.72. The van der Waals surface area contributed by atoms with Gasteiger partial charge < -0.3 is 0 Å². The Morgan fingerprint density at radius 2 is 2.06 bits per heavy atom. The van der Waals surface area contributed by atoms with Crippen molar-refractivity contribution in [3.63, 3.8) is 0 Å². The molecular formula is C12H17N3O2S. The molecule has 0 aromatic carbocycles. The van der Waals surface area contributed by atoms with E-state index in [-0.39, 0.29) is 16.0 Å². The van der Waals surface area contributed by atoms with Gasteiger partial charge in [0.2, 0.25) is 10.0 Å². The van der Waals surface area contributed by atoms with Gasteiger partial charge in [-0.05, 0) is 24.0 Å². The van der Waals surface area contributed by atoms with Gasteiger partial charge in [0.05, 0.1) is 0 Å². The molecule has 0 saturated carbocycles. The van der Waals surface area contributed by atoms with Crippen LogP contribution in [0.15, 0.2) is 23.2 Å². The van der Waals surface area contributed by atoms with E-state index in [9.17, 15) is 8.42 Å². The molecule has 0 radical (unpaired) electrons. The Labute approximate surface area is 108 Å². The van der Waals surface area contributed by atoms with Gasteiger partial charge in [-0.2, -0.15) is 5.26 Å². The number of hydrogen-bond acceptors (Lipinski definition) is 4. The zero-order valence-electron chi connectivity index (χ0n) is 10.8. The maximum Gasteiger partial charge on any atom is 0.242 e. The Bertz CT molecular complexity index is 536. The van der Waals surface area contributed by atoms with Crippen molar-refractivity contribution in [3.8, 4) is 6.07 Å². The van der Waals surface area contributed by atoms with E-state index >= 15 is 0 Å². The van der Waals surface area contributed by atoms with E-state index < -0.39 is 10.0 Å². The largest absolute Gasteiger partial charge is 0.244 e. The minimum atomic E-state index is -3.53. The summed E-state index contributed by atoms with van der Waals surface area (Å²) < 4.78 is 26.3. The standard InChI is InChI=1S/C12H17N3O2S/c1-12(2,3)6-7-15-18(16,17)11-5-4-10(8-13)14-9-11/h4-5,9,15H,6-7H2,1-3H3. The quantitative estimate of drug-likeness (QED) is 0.899. The summed E-state index contributed by atoms with van der Waals surface area (Å²) in [6.07, 6.45) is 1.94. The molecule has 0 atom stereocenters. The third kappa shape index (κ3) is 4.43. The number of nitrogens with zero attached hydrogens (tertiary/aromatic N) is 2. The lowest BCUT2D eigenvalue weighted by Gasteiger charge is -2.17. The number of hydrogen-bond donors (Lipinski definition) is 1. The third-order valence-electron chi connectivity index (χ3n) is 2.33. The lowest BCUT2D eigenvalue weighted by atomic mass is 9.93. The van der Waals surface area contributed by atoms with Crippen LogP contribution in [0.5, 0.6) is 0 Å². The highest BCUT2D eigenvalue weighted by Crippen LogP contribution is 2.17. The van der Waals surface area contributed by atoms with Crippen LogP contribution in [0.4, 0.5) is 0 Å². The fourth-order valence-electron chi connectivity index (χ4n) is 1.25. The lowest BCUT2D eigenvalue weighted by Crippen LogP contribution is -2.27. The van der Waals surface area contributed by atoms with Crippen molar-refractivity contribution >= 4 is 10.0 Å². The molecule has 0 saturated heterocycles. The molecule has 0 aliphatic carbocycles. The lowest BCUT2D eigenvalue weighted by molar-refractivity contribution is 0.378. The highest BCUT2D eigenvalue weighted by molar-refractivity contribution is 7.89. The number of aromatic nitrogens is 1. The predicted octanol–water partition coefficient (Wildman–Crippen LogP) is 1.67. The average molecular weight is 267 g/mol. The smallest absolute Gasteiger partial charge is 0.242 e. The van der Waals surface area contributed by atoms with Gasteiger partial charge in [0.1, 0.15) is 16.7 Å². The first-order chi connectivity index (χ1) is 8.24. The normalized spacial score (nSPS) is 12.1. The molecule has 1 heterocycles. The van der Waals surface area contributed by atoms with Crippen molar-refractivity contribution in [2.24, 2.45) is 5.41 Å². The average Bonchev–Trinajstić information content (AvgIpc) is 2.27. The molecular weight excluding hydrogens is 250 g/mol. The highest BCUT2D eigenvalue weighted by Gasteiger charge is 2.16. The molecule has 18 heavy (non-hydrogen) atoms. The fourth-order valence-corrected chi connectivity index (χ4v) is 2.23. The SMILES string of the molecule is CC(C)(C)CCNS(=O)(=O)c1ccc(C#N)nc1. The molecule has 1 aromatic heterocycles. The van der Waals surface area contributed by atoms with Gasteiger partial charge in [0.15, 0.2) is 0 Å². The maximum absolute atomic E-state index is 11.9. The molecule has 0 amide bonds. The minimum Gasteiger partial charge on any atom is -0.244 e. The predicted molar refractivity (Wildman–Crippen MR) is 68.2 cm³/mol. The third-order valence-corrected chi connectivity index (χ3v) is 3.77. The first-order valence-corrected chi connectivity index (χ1v) is 7.09. The summed E-state index contributed by atoms with van der Waals surface area (Å²) in [5, 5.41) is 8.58. The van der Waals surface area contributed by atoms with Crippen molar-refractivity contribution in [1.82, 2.24) is 9.71 Å². The number of sulfonamides is 1. The molecule has 5 nitrogen and oxygen atoms in total. The van der Waals surface area contributed by atoms with Gasteiger partial charge in [-0.15, -0.1) is 0 Å². The Morgan fingerprint density at radius 1 is 1.39 bits per heavy atom. The molecule has 1 N–H and O–H groups in total. The zero-order chi connectivity index (χ0) is 13.8. The van der Waals surface area contributed by atoms with Gasteiger partial charge in [-0.25, -0.2) is 18.1 Å². The maximum atomic E-state index is 11.9. The molecule has 1 rings (SSSR count). The molecule has 0 fully saturated rings. The fraction of sp³-hybridized carbons (Fsp3) is 0.500. The molecule has 0 aliphatic rings. The van der Waals surface area contributed by atoms with Gasteiger partial charge in [0, 0.05) is 12.7 Å². The van der Waals surface area contributed by atoms with Crippen molar-refractivity contribution < 1.29 is 8.42 Å². The Morgan fingerprint density at radius 3 is 2.50 bits per heavy atom. The van der Waals surface area contributed by atoms with Crippen LogP contribution >= 0.6 is 0 Å². The van der Waals surface area contributed by atoms with Gasteiger partial charge in [-0.3, -0.25) is 0 Å². The molecule has 0 spiro atoms. The van der Waals surface area contributed by atoms with Crippen LogP contribution in [0.3, 0.4) is 0 Å². The summed E-state index contributed by atoms with van der Waals surface area (Å²) in [5.41, 5.74) is 0.273. The molecule has 1 aromatic rings. The van der Waals surface area contributed by atoms with Gasteiger partial charge >= 0.3 is 0 Å². The second kappa shape index (κ2) is 5.46. The van der Waals surface area contributed by atoms with Crippen LogP contribution in [0, 0.1) is 16.7 Å². The van der Waals surface area contributed by atoms with E-state index in [4.69, 9.17) is 5.26 Å². The van der Waals surface area contributed by atoms with Crippen molar-refractivity contribution in [2.45, 2.75) is 32.1 Å². The molecule has 6 heteroatoms. The number of pyridine rings is 1. The van der Waals surface area contributed by atoms with Crippen molar-refractivity contribution in [1.29, 1.82) is 5.26 Å². The highest BCUT2D eigenvalue weighted by atomic mass is 32.2. The number of rotatable bonds is 4. The summed E-state index contributed by atoms with van der Waals surface area (Å²) in [7, 11) is -3.53. The first kappa shape index (κ1) is 14.6. The van der Waals surface area contributed by atoms with E-state index in [2.05, 4.69) is 9.71 Å².